The normalized spacial score (nSPS) is 11.5. The maximum Gasteiger partial charge on any atom is 0.376 e. The smallest absolute Gasteiger partial charge is 0.376 e. The Hall–Kier alpha value is -2.21. The second-order valence-corrected chi connectivity index (χ2v) is 3.81. The van der Waals surface area contributed by atoms with Crippen molar-refractivity contribution in [1.82, 2.24) is 5.48 Å². The first-order chi connectivity index (χ1) is 9.04. The third-order valence-corrected chi connectivity index (χ3v) is 2.33. The molecule has 102 valence electrons. The van der Waals surface area contributed by atoms with Gasteiger partial charge in [-0.1, -0.05) is 30.3 Å². The standard InChI is InChI=1S/C13H15NO5/c1-9(15)19-14-11(12(16)13(17)18-2)8-10-6-4-3-5-7-10/h3-7,11,14H,8H2,1-2H3/t11-/m0/s1. The van der Waals surface area contributed by atoms with Gasteiger partial charge in [0.2, 0.25) is 0 Å². The van der Waals surface area contributed by atoms with E-state index in [4.69, 9.17) is 0 Å². The molecule has 0 heterocycles. The molecule has 0 bridgehead atoms. The number of rotatable bonds is 6. The maximum atomic E-state index is 11.8. The number of carbonyl (C=O) groups is 3. The zero-order valence-corrected chi connectivity index (χ0v) is 10.7. The van der Waals surface area contributed by atoms with E-state index in [1.54, 1.807) is 24.3 Å². The minimum absolute atomic E-state index is 0.210. The number of methoxy groups -OCH3 is 1. The predicted molar refractivity (Wildman–Crippen MR) is 65.9 cm³/mol. The Bertz CT molecular complexity index is 457. The zero-order chi connectivity index (χ0) is 14.3. The van der Waals surface area contributed by atoms with Gasteiger partial charge in [0.1, 0.15) is 6.04 Å². The SMILES string of the molecule is COC(=O)C(=O)[C@H](Cc1ccccc1)NOC(C)=O. The van der Waals surface area contributed by atoms with E-state index in [1.165, 1.54) is 6.92 Å². The first kappa shape index (κ1) is 14.8. The van der Waals surface area contributed by atoms with E-state index in [2.05, 4.69) is 15.1 Å². The second kappa shape index (κ2) is 7.27. The van der Waals surface area contributed by atoms with Gasteiger partial charge in [0, 0.05) is 6.92 Å². The lowest BCUT2D eigenvalue weighted by Gasteiger charge is -2.15. The van der Waals surface area contributed by atoms with Crippen LogP contribution >= 0.6 is 0 Å². The van der Waals surface area contributed by atoms with E-state index < -0.39 is 23.8 Å². The molecule has 6 heteroatoms. The highest BCUT2D eigenvalue weighted by atomic mass is 16.7. The Morgan fingerprint density at radius 2 is 1.84 bits per heavy atom. The van der Waals surface area contributed by atoms with Crippen molar-refractivity contribution in [3.63, 3.8) is 0 Å². The topological polar surface area (TPSA) is 81.7 Å². The van der Waals surface area contributed by atoms with E-state index in [9.17, 15) is 14.4 Å². The van der Waals surface area contributed by atoms with E-state index in [0.29, 0.717) is 0 Å². The highest BCUT2D eigenvalue weighted by molar-refractivity contribution is 6.35. The highest BCUT2D eigenvalue weighted by Gasteiger charge is 2.27. The minimum Gasteiger partial charge on any atom is -0.463 e. The van der Waals surface area contributed by atoms with Crippen LogP contribution in [0.2, 0.25) is 0 Å². The molecule has 19 heavy (non-hydrogen) atoms. The van der Waals surface area contributed by atoms with Crippen LogP contribution in [0.4, 0.5) is 0 Å². The van der Waals surface area contributed by atoms with Crippen LogP contribution in [-0.4, -0.2) is 30.9 Å². The monoisotopic (exact) mass is 265 g/mol. The van der Waals surface area contributed by atoms with Gasteiger partial charge in [-0.2, -0.15) is 0 Å². The molecular weight excluding hydrogens is 250 g/mol. The number of Topliss-reactive ketones (excluding diaryl/α,β-unsaturated/α-hetero) is 1. The molecule has 1 rings (SSSR count). The Kier molecular flexibility index (Phi) is 5.69. The molecule has 0 fully saturated rings. The summed E-state index contributed by atoms with van der Waals surface area (Å²) in [4.78, 5) is 38.3. The molecule has 6 nitrogen and oxygen atoms in total. The van der Waals surface area contributed by atoms with Crippen LogP contribution in [0.15, 0.2) is 30.3 Å². The molecule has 1 aromatic carbocycles. The van der Waals surface area contributed by atoms with Crippen molar-refractivity contribution in [2.24, 2.45) is 0 Å². The molecule has 0 aliphatic heterocycles. The molecule has 0 spiro atoms. The number of carbonyl (C=O) groups excluding carboxylic acids is 3. The molecular formula is C13H15NO5. The number of ether oxygens (including phenoxy) is 1. The summed E-state index contributed by atoms with van der Waals surface area (Å²) in [5.41, 5.74) is 3.11. The summed E-state index contributed by atoms with van der Waals surface area (Å²) >= 11 is 0. The summed E-state index contributed by atoms with van der Waals surface area (Å²) < 4.78 is 4.37. The average molecular weight is 265 g/mol. The Labute approximate surface area is 110 Å². The molecule has 1 atom stereocenters. The van der Waals surface area contributed by atoms with E-state index in [-0.39, 0.29) is 6.42 Å². The van der Waals surface area contributed by atoms with Crippen molar-refractivity contribution in [3.8, 4) is 0 Å². The zero-order valence-electron chi connectivity index (χ0n) is 10.7. The van der Waals surface area contributed by atoms with Crippen molar-refractivity contribution in [2.45, 2.75) is 19.4 Å². The Balaban J connectivity index is 2.77. The van der Waals surface area contributed by atoms with Crippen LogP contribution < -0.4 is 5.48 Å². The Morgan fingerprint density at radius 1 is 1.21 bits per heavy atom. The van der Waals surface area contributed by atoms with Crippen molar-refractivity contribution < 1.29 is 24.0 Å². The Morgan fingerprint density at radius 3 is 2.37 bits per heavy atom. The molecule has 0 saturated carbocycles. The summed E-state index contributed by atoms with van der Waals surface area (Å²) in [5, 5.41) is 0. The first-order valence-electron chi connectivity index (χ1n) is 5.63. The number of hydroxylamine groups is 1. The molecule has 0 aliphatic rings. The van der Waals surface area contributed by atoms with Gasteiger partial charge in [0.25, 0.3) is 5.78 Å². The number of nitrogens with one attached hydrogen (secondary N) is 1. The molecule has 0 aliphatic carbocycles. The third kappa shape index (κ3) is 4.89. The lowest BCUT2D eigenvalue weighted by atomic mass is 10.0. The van der Waals surface area contributed by atoms with Gasteiger partial charge in [0.15, 0.2) is 0 Å². The van der Waals surface area contributed by atoms with Crippen molar-refractivity contribution in [2.75, 3.05) is 7.11 Å². The van der Waals surface area contributed by atoms with Crippen molar-refractivity contribution in [1.29, 1.82) is 0 Å². The molecule has 1 N–H and O–H groups in total. The van der Waals surface area contributed by atoms with Gasteiger partial charge in [-0.3, -0.25) is 9.59 Å². The number of hydrogen-bond acceptors (Lipinski definition) is 6. The van der Waals surface area contributed by atoms with Crippen LogP contribution in [0, 0.1) is 0 Å². The van der Waals surface area contributed by atoms with Crippen molar-refractivity contribution >= 4 is 17.7 Å². The van der Waals surface area contributed by atoms with E-state index >= 15 is 0 Å². The molecule has 0 saturated heterocycles. The summed E-state index contributed by atoms with van der Waals surface area (Å²) in [5.74, 6) is -2.39. The molecule has 1 aromatic rings. The largest absolute Gasteiger partial charge is 0.463 e. The lowest BCUT2D eigenvalue weighted by molar-refractivity contribution is -0.158. The molecule has 0 unspecified atom stereocenters. The fourth-order valence-electron chi connectivity index (χ4n) is 1.43. The molecule has 0 aromatic heterocycles. The summed E-state index contributed by atoms with van der Waals surface area (Å²) in [6, 6.07) is 8.07. The van der Waals surface area contributed by atoms with Crippen LogP contribution in [0.3, 0.4) is 0 Å². The summed E-state index contributed by atoms with van der Waals surface area (Å²) in [6.07, 6.45) is 0.210. The van der Waals surface area contributed by atoms with Gasteiger partial charge in [-0.15, -0.1) is 5.48 Å². The van der Waals surface area contributed by atoms with Crippen LogP contribution in [-0.2, 0) is 30.4 Å². The second-order valence-electron chi connectivity index (χ2n) is 3.81. The molecule has 0 amide bonds. The minimum atomic E-state index is -0.986. The fraction of sp³-hybridized carbons (Fsp3) is 0.308. The third-order valence-electron chi connectivity index (χ3n) is 2.33. The van der Waals surface area contributed by atoms with Crippen LogP contribution in [0.25, 0.3) is 0 Å². The number of esters is 1. The fourth-order valence-corrected chi connectivity index (χ4v) is 1.43. The maximum absolute atomic E-state index is 11.8. The van der Waals surface area contributed by atoms with E-state index in [1.807, 2.05) is 6.07 Å². The summed E-state index contributed by atoms with van der Waals surface area (Å²) in [7, 11) is 1.12. The first-order valence-corrected chi connectivity index (χ1v) is 5.63. The average Bonchev–Trinajstić information content (AvgIpc) is 2.42. The van der Waals surface area contributed by atoms with Crippen LogP contribution in [0.1, 0.15) is 12.5 Å². The summed E-state index contributed by atoms with van der Waals surface area (Å²) in [6.45, 7) is 1.19. The van der Waals surface area contributed by atoms with Gasteiger partial charge in [0.05, 0.1) is 7.11 Å². The van der Waals surface area contributed by atoms with Gasteiger partial charge >= 0.3 is 11.9 Å². The number of benzene rings is 1. The predicted octanol–water partition coefficient (Wildman–Crippen LogP) is 0.407. The number of hydrogen-bond donors (Lipinski definition) is 1. The van der Waals surface area contributed by atoms with Gasteiger partial charge in [-0.05, 0) is 12.0 Å². The van der Waals surface area contributed by atoms with Crippen LogP contribution in [0.5, 0.6) is 0 Å². The highest BCUT2D eigenvalue weighted by Crippen LogP contribution is 2.05. The lowest BCUT2D eigenvalue weighted by Crippen LogP contribution is -2.43. The van der Waals surface area contributed by atoms with E-state index in [0.717, 1.165) is 12.7 Å². The number of ketones is 1. The van der Waals surface area contributed by atoms with Gasteiger partial charge in [-0.25, -0.2) is 4.79 Å². The van der Waals surface area contributed by atoms with Crippen molar-refractivity contribution in [3.05, 3.63) is 35.9 Å². The molecule has 0 radical (unpaired) electrons. The van der Waals surface area contributed by atoms with Gasteiger partial charge < -0.3 is 9.57 Å². The quantitative estimate of drug-likeness (QED) is 0.456.